The minimum absolute atomic E-state index is 0.0522. The van der Waals surface area contributed by atoms with Gasteiger partial charge in [-0.2, -0.15) is 0 Å². The third kappa shape index (κ3) is 8.05. The number of rotatable bonds is 15. The summed E-state index contributed by atoms with van der Waals surface area (Å²) in [6.45, 7) is 18.3. The average molecular weight is 529 g/mol. The molecule has 0 aromatic rings. The molecule has 0 amide bonds. The van der Waals surface area contributed by atoms with Gasteiger partial charge in [0.25, 0.3) is 0 Å². The van der Waals surface area contributed by atoms with Crippen molar-refractivity contribution in [1.82, 2.24) is 0 Å². The van der Waals surface area contributed by atoms with Crippen LogP contribution in [0.4, 0.5) is 0 Å². The summed E-state index contributed by atoms with van der Waals surface area (Å²) in [6, 6.07) is 0. The number of Topliss-reactive ketones (excluding diaryl/α,β-unsaturated/α-hetero) is 2. The van der Waals surface area contributed by atoms with Gasteiger partial charge >= 0.3 is 5.97 Å². The standard InChI is InChI=1S/C27H48O8Si/c1-11-13-17(3)24-27(8,34-24)25(35-36(9,10)26(5,6)7)21(16-33-18(4)29)23(32)20(15-28)22(31)14-19(30)12-2/h11,13,17,20-22,24-25,28,31H,12,14-16H2,1-10H3/b13-11-/t17-,20+,21-,22+,24+,25-,27?/m0/s1. The first-order valence-corrected chi connectivity index (χ1v) is 15.8. The van der Waals surface area contributed by atoms with Crippen molar-refractivity contribution >= 4 is 25.9 Å². The number of ketones is 2. The topological polar surface area (TPSA) is 123 Å². The third-order valence-corrected chi connectivity index (χ3v) is 12.2. The molecule has 0 bridgehead atoms. The summed E-state index contributed by atoms with van der Waals surface area (Å²) in [7, 11) is -2.46. The maximum Gasteiger partial charge on any atom is 0.302 e. The molecule has 0 aromatic heterocycles. The quantitative estimate of drug-likeness (QED) is 0.142. The summed E-state index contributed by atoms with van der Waals surface area (Å²) in [5, 5.41) is 20.6. The minimum Gasteiger partial charge on any atom is -0.465 e. The number of hydrogen-bond donors (Lipinski definition) is 2. The maximum atomic E-state index is 13.9. The molecule has 9 heteroatoms. The zero-order valence-electron chi connectivity index (χ0n) is 23.8. The first-order valence-electron chi connectivity index (χ1n) is 12.9. The molecule has 1 unspecified atom stereocenters. The molecule has 1 aliphatic heterocycles. The van der Waals surface area contributed by atoms with Gasteiger partial charge in [0, 0.05) is 25.7 Å². The van der Waals surface area contributed by atoms with E-state index in [1.807, 2.05) is 32.9 Å². The van der Waals surface area contributed by atoms with E-state index < -0.39 is 56.3 Å². The Kier molecular flexibility index (Phi) is 11.7. The van der Waals surface area contributed by atoms with Crippen molar-refractivity contribution in [3.8, 4) is 0 Å². The van der Waals surface area contributed by atoms with Gasteiger partial charge in [0.2, 0.25) is 0 Å². The van der Waals surface area contributed by atoms with Crippen LogP contribution in [0.2, 0.25) is 18.1 Å². The number of esters is 1. The van der Waals surface area contributed by atoms with Gasteiger partial charge in [-0.3, -0.25) is 14.4 Å². The van der Waals surface area contributed by atoms with E-state index in [1.54, 1.807) is 6.92 Å². The van der Waals surface area contributed by atoms with Crippen molar-refractivity contribution in [3.05, 3.63) is 12.2 Å². The predicted molar refractivity (Wildman–Crippen MR) is 141 cm³/mol. The first kappa shape index (κ1) is 32.6. The van der Waals surface area contributed by atoms with Crippen LogP contribution in [0.25, 0.3) is 0 Å². The zero-order valence-corrected chi connectivity index (χ0v) is 24.8. The van der Waals surface area contributed by atoms with Crippen LogP contribution in [0.3, 0.4) is 0 Å². The van der Waals surface area contributed by atoms with E-state index in [0.717, 1.165) is 0 Å². The second-order valence-corrected chi connectivity index (χ2v) is 16.4. The molecule has 1 rings (SSSR count). The first-order chi connectivity index (χ1) is 16.5. The molecule has 1 heterocycles. The number of hydrogen-bond acceptors (Lipinski definition) is 8. The zero-order chi connectivity index (χ0) is 28.1. The van der Waals surface area contributed by atoms with E-state index in [-0.39, 0.29) is 42.3 Å². The molecule has 208 valence electrons. The fourth-order valence-electron chi connectivity index (χ4n) is 4.32. The Bertz CT molecular complexity index is 802. The number of ether oxygens (including phenoxy) is 2. The van der Waals surface area contributed by atoms with Crippen molar-refractivity contribution < 1.29 is 38.5 Å². The van der Waals surface area contributed by atoms with E-state index in [1.165, 1.54) is 6.92 Å². The molecule has 7 atom stereocenters. The van der Waals surface area contributed by atoms with E-state index in [4.69, 9.17) is 13.9 Å². The largest absolute Gasteiger partial charge is 0.465 e. The molecule has 0 aliphatic carbocycles. The summed E-state index contributed by atoms with van der Waals surface area (Å²) in [5.41, 5.74) is -0.848. The van der Waals surface area contributed by atoms with Gasteiger partial charge in [0.15, 0.2) is 8.32 Å². The van der Waals surface area contributed by atoms with Gasteiger partial charge in [0.1, 0.15) is 23.8 Å². The van der Waals surface area contributed by atoms with Gasteiger partial charge in [0.05, 0.1) is 36.8 Å². The van der Waals surface area contributed by atoms with Crippen LogP contribution in [-0.4, -0.2) is 73.2 Å². The monoisotopic (exact) mass is 528 g/mol. The minimum atomic E-state index is -2.46. The Morgan fingerprint density at radius 1 is 1.19 bits per heavy atom. The normalized spacial score (nSPS) is 24.6. The van der Waals surface area contributed by atoms with Gasteiger partial charge in [-0.1, -0.05) is 46.8 Å². The van der Waals surface area contributed by atoms with Gasteiger partial charge < -0.3 is 24.1 Å². The van der Waals surface area contributed by atoms with E-state index in [9.17, 15) is 24.6 Å². The highest BCUT2D eigenvalue weighted by Gasteiger charge is 2.64. The Morgan fingerprint density at radius 3 is 2.22 bits per heavy atom. The maximum absolute atomic E-state index is 13.9. The average Bonchev–Trinajstić information content (AvgIpc) is 3.45. The Hall–Kier alpha value is -1.39. The van der Waals surface area contributed by atoms with Crippen molar-refractivity contribution in [2.75, 3.05) is 13.2 Å². The molecule has 0 radical (unpaired) electrons. The molecule has 1 aliphatic rings. The lowest BCUT2D eigenvalue weighted by molar-refractivity contribution is -0.149. The summed E-state index contributed by atoms with van der Waals surface area (Å²) in [5.74, 6) is -3.44. The number of allylic oxidation sites excluding steroid dienone is 1. The number of aliphatic hydroxyl groups is 2. The molecule has 1 saturated heterocycles. The molecule has 0 aromatic carbocycles. The Balaban J connectivity index is 3.54. The van der Waals surface area contributed by atoms with Crippen LogP contribution in [0.5, 0.6) is 0 Å². The van der Waals surface area contributed by atoms with Gasteiger partial charge in [-0.15, -0.1) is 0 Å². The highest BCUT2D eigenvalue weighted by atomic mass is 28.4. The predicted octanol–water partition coefficient (Wildman–Crippen LogP) is 3.83. The van der Waals surface area contributed by atoms with Gasteiger partial charge in [-0.25, -0.2) is 0 Å². The summed E-state index contributed by atoms with van der Waals surface area (Å²) in [6.07, 6.45) is 1.58. The summed E-state index contributed by atoms with van der Waals surface area (Å²) in [4.78, 5) is 37.6. The molecular formula is C27H48O8Si. The fourth-order valence-corrected chi connectivity index (χ4v) is 5.70. The molecule has 36 heavy (non-hydrogen) atoms. The molecule has 1 fully saturated rings. The lowest BCUT2D eigenvalue weighted by Gasteiger charge is -2.43. The van der Waals surface area contributed by atoms with Crippen LogP contribution >= 0.6 is 0 Å². The Labute approximate surface area is 217 Å². The summed E-state index contributed by atoms with van der Waals surface area (Å²) < 4.78 is 18.4. The number of epoxide rings is 1. The van der Waals surface area contributed by atoms with Crippen LogP contribution in [0.1, 0.15) is 68.2 Å². The summed E-state index contributed by atoms with van der Waals surface area (Å²) >= 11 is 0. The highest BCUT2D eigenvalue weighted by Crippen LogP contribution is 2.50. The third-order valence-electron chi connectivity index (χ3n) is 7.71. The molecule has 0 spiro atoms. The SMILES string of the molecule is C/C=C\[C@H](C)[C@H]1OC1(C)[C@@H](O[Si](C)(C)C(C)(C)C)[C@@H](COC(C)=O)C(=O)[C@H](CO)[C@H](O)CC(=O)CC. The highest BCUT2D eigenvalue weighted by molar-refractivity contribution is 6.74. The van der Waals surface area contributed by atoms with Crippen molar-refractivity contribution in [2.24, 2.45) is 17.8 Å². The van der Waals surface area contributed by atoms with E-state index in [2.05, 4.69) is 33.9 Å². The lowest BCUT2D eigenvalue weighted by atomic mass is 9.79. The van der Waals surface area contributed by atoms with Gasteiger partial charge in [-0.05, 0) is 32.0 Å². The fraction of sp³-hybridized carbons (Fsp3) is 0.815. The van der Waals surface area contributed by atoms with E-state index >= 15 is 0 Å². The molecular weight excluding hydrogens is 480 g/mol. The second-order valence-electron chi connectivity index (χ2n) is 11.7. The van der Waals surface area contributed by atoms with Crippen molar-refractivity contribution in [1.29, 1.82) is 0 Å². The van der Waals surface area contributed by atoms with E-state index in [0.29, 0.717) is 0 Å². The number of carbonyl (C=O) groups is 3. The molecule has 8 nitrogen and oxygen atoms in total. The van der Waals surface area contributed by atoms with Crippen LogP contribution < -0.4 is 0 Å². The van der Waals surface area contributed by atoms with Crippen LogP contribution in [-0.2, 0) is 28.3 Å². The van der Waals surface area contributed by atoms with Crippen LogP contribution in [0, 0.1) is 17.8 Å². The second kappa shape index (κ2) is 12.9. The number of aliphatic hydroxyl groups excluding tert-OH is 2. The van der Waals surface area contributed by atoms with Crippen LogP contribution in [0.15, 0.2) is 12.2 Å². The smallest absolute Gasteiger partial charge is 0.302 e. The van der Waals surface area contributed by atoms with Crippen molar-refractivity contribution in [2.45, 2.75) is 110 Å². The Morgan fingerprint density at radius 2 is 1.78 bits per heavy atom. The van der Waals surface area contributed by atoms with Crippen molar-refractivity contribution in [3.63, 3.8) is 0 Å². The number of carbonyl (C=O) groups excluding carboxylic acids is 3. The molecule has 0 saturated carbocycles. The molecule has 2 N–H and O–H groups in total. The lowest BCUT2D eigenvalue weighted by Crippen LogP contribution is -2.55.